The minimum Gasteiger partial charge on any atom is -0.480 e. The number of carbonyl (C=O) groups excluding carboxylic acids is 10. The number of hydroxylamine groups is 6. The first-order chi connectivity index (χ1) is 62.5. The van der Waals surface area contributed by atoms with E-state index in [0.717, 1.165) is 75.7 Å². The van der Waals surface area contributed by atoms with Crippen LogP contribution in [0.2, 0.25) is 0 Å². The molecule has 0 unspecified atom stereocenters. The molecule has 6 saturated carbocycles. The third-order valence-corrected chi connectivity index (χ3v) is 24.0. The van der Waals surface area contributed by atoms with Crippen molar-refractivity contribution in [2.24, 2.45) is 58.4 Å². The van der Waals surface area contributed by atoms with Gasteiger partial charge in [0.15, 0.2) is 0 Å². The van der Waals surface area contributed by atoms with Crippen LogP contribution in [0.5, 0.6) is 0 Å². The first-order valence-electron chi connectivity index (χ1n) is 44.2. The molecule has 0 radical (unpaired) electrons. The van der Waals surface area contributed by atoms with Crippen LogP contribution in [0.3, 0.4) is 0 Å². The number of Topliss-reactive ketones (excluding diaryl/α,β-unsaturated/α-hetero) is 1. The topological polar surface area (TPSA) is 730 Å². The number of urea groups is 3. The molecule has 51 nitrogen and oxygen atoms in total. The highest BCUT2D eigenvalue weighted by Crippen LogP contribution is 2.42. The molecule has 774 valence electrons. The molecule has 8 heterocycles. The number of hydrazine groups is 2. The number of carbonyl (C=O) groups is 11. The van der Waals surface area contributed by atoms with Gasteiger partial charge >= 0.3 is 75.0 Å². The van der Waals surface area contributed by atoms with Gasteiger partial charge in [0, 0.05) is 74.8 Å². The molecule has 6 atom stereocenters. The molecule has 6 aliphatic carbocycles. The SMILES string of the molecule is C.C.CC1CC(=O)C1.CC1CC(N(CC(=O)NN)C(=O)OC(C)(C)C)C1.COC(=O)CN.COC(=O)CN(C(=O)OC(C)(C)C)C1CC(C)C1.COC(=O)CNC1CC(C)C1.NC1CC(NCc2nnc([C@@H]3CC[C@@H]4CN3C(=O)N4OS(=O)(=O)O)o2)C1.NC1CC(NCc2nnc([C@@H]3CC[C@@H]4CN3C(=O)N4OS(=O)(=O)O)o2)C1.NN.O.O=C(O)[C@@H]1CC[C@@H]2CN1C(=O)N2OCc1ccccc1. The highest BCUT2D eigenvalue weighted by molar-refractivity contribution is 7.81. The maximum absolute atomic E-state index is 12.4. The Kier molecular flexibility index (Phi) is 47.5. The van der Waals surface area contributed by atoms with E-state index in [9.17, 15) is 69.6 Å². The van der Waals surface area contributed by atoms with E-state index in [-0.39, 0.29) is 107 Å². The fourth-order valence-electron chi connectivity index (χ4n) is 16.1. The van der Waals surface area contributed by atoms with Crippen molar-refractivity contribution in [3.05, 3.63) is 59.5 Å². The fraction of sp³-hybridized carbons (Fsp3) is 0.747. The molecule has 2 aromatic heterocycles. The van der Waals surface area contributed by atoms with E-state index in [1.165, 1.54) is 63.7 Å². The minimum atomic E-state index is -4.76. The Balaban J connectivity index is 0.000000334. The number of amides is 9. The lowest BCUT2D eigenvalue weighted by molar-refractivity contribution is -0.144. The molecule has 1 aromatic carbocycles. The second-order valence-electron chi connectivity index (χ2n) is 36.7. The molecule has 6 aliphatic heterocycles. The van der Waals surface area contributed by atoms with Gasteiger partial charge in [-0.05, 0) is 174 Å². The summed E-state index contributed by atoms with van der Waals surface area (Å²) in [5.74, 6) is 15.3. The molecule has 9 amide bonds. The average molecular weight is 1980 g/mol. The second kappa shape index (κ2) is 54.5. The third kappa shape index (κ3) is 37.2. The zero-order valence-electron chi connectivity index (χ0n) is 78.2. The number of fused-ring (bicyclic) bond motifs is 6. The molecule has 21 N–H and O–H groups in total. The Labute approximate surface area is 793 Å². The lowest BCUT2D eigenvalue weighted by Gasteiger charge is -2.41. The summed E-state index contributed by atoms with van der Waals surface area (Å²) in [4.78, 5) is 138. The number of aromatic nitrogens is 4. The zero-order valence-corrected chi connectivity index (χ0v) is 79.8. The maximum atomic E-state index is 12.4. The first kappa shape index (κ1) is 118. The zero-order chi connectivity index (χ0) is 98.7. The number of carboxylic acid groups (broad SMARTS) is 1. The highest BCUT2D eigenvalue weighted by atomic mass is 32.3. The van der Waals surface area contributed by atoms with Gasteiger partial charge in [-0.25, -0.2) is 34.6 Å². The monoisotopic (exact) mass is 1980 g/mol. The Morgan fingerprint density at radius 3 is 1.26 bits per heavy atom. The quantitative estimate of drug-likeness (QED) is 0.0137. The molecule has 6 saturated heterocycles. The van der Waals surface area contributed by atoms with Gasteiger partial charge in [-0.3, -0.25) is 64.8 Å². The number of benzene rings is 1. The molecule has 6 bridgehead atoms. The predicted octanol–water partition coefficient (Wildman–Crippen LogP) is 3.24. The van der Waals surface area contributed by atoms with E-state index in [4.69, 9.17) is 60.4 Å². The van der Waals surface area contributed by atoms with Gasteiger partial charge in [-0.2, -0.15) is 32.0 Å². The van der Waals surface area contributed by atoms with Gasteiger partial charge in [0.1, 0.15) is 54.8 Å². The highest BCUT2D eigenvalue weighted by Gasteiger charge is 2.52. The van der Waals surface area contributed by atoms with Crippen molar-refractivity contribution >= 4 is 86.6 Å². The average Bonchev–Trinajstić information content (AvgIpc) is 1.61. The van der Waals surface area contributed by atoms with Crippen molar-refractivity contribution in [1.29, 1.82) is 0 Å². The molecule has 53 heteroatoms. The van der Waals surface area contributed by atoms with Crippen LogP contribution >= 0.6 is 0 Å². The number of nitrogens with one attached hydrogen (secondary N) is 4. The van der Waals surface area contributed by atoms with Crippen LogP contribution in [0, 0.1) is 23.7 Å². The summed E-state index contributed by atoms with van der Waals surface area (Å²) in [5.41, 5.74) is 18.2. The number of nitrogens with zero attached hydrogens (tertiary/aromatic N) is 12. The molecule has 15 rings (SSSR count). The Morgan fingerprint density at radius 1 is 0.529 bits per heavy atom. The Bertz CT molecular complexity index is 4330. The summed E-state index contributed by atoms with van der Waals surface area (Å²) < 4.78 is 105. The van der Waals surface area contributed by atoms with Crippen molar-refractivity contribution in [1.82, 2.24) is 81.5 Å². The van der Waals surface area contributed by atoms with Gasteiger partial charge in [-0.15, -0.1) is 29.0 Å². The van der Waals surface area contributed by atoms with Crippen molar-refractivity contribution in [3.63, 3.8) is 0 Å². The van der Waals surface area contributed by atoms with Crippen molar-refractivity contribution in [2.75, 3.05) is 67.1 Å². The number of hydrogen-bond donors (Lipinski definition) is 13. The lowest BCUT2D eigenvalue weighted by Crippen LogP contribution is -2.53. The molecule has 0 spiro atoms. The number of piperidine rings is 3. The van der Waals surface area contributed by atoms with Crippen LogP contribution < -0.4 is 56.1 Å². The van der Waals surface area contributed by atoms with Gasteiger partial charge in [0.2, 0.25) is 23.6 Å². The first-order valence-corrected chi connectivity index (χ1v) is 46.9. The van der Waals surface area contributed by atoms with E-state index in [1.54, 1.807) is 20.8 Å². The van der Waals surface area contributed by atoms with Crippen LogP contribution in [0.15, 0.2) is 39.2 Å². The molecule has 136 heavy (non-hydrogen) atoms. The number of ether oxygens (including phenoxy) is 5. The number of aliphatic carboxylic acids is 1. The van der Waals surface area contributed by atoms with Gasteiger partial charge in [0.25, 0.3) is 5.91 Å². The summed E-state index contributed by atoms with van der Waals surface area (Å²) in [6.45, 7) is 21.7. The molecular formula is C83H146N22O29S2. The fourth-order valence-corrected chi connectivity index (χ4v) is 16.9. The maximum Gasteiger partial charge on any atom is 0.418 e. The normalized spacial score (nSPS) is 25.6. The predicted molar refractivity (Wildman–Crippen MR) is 485 cm³/mol. The Hall–Kier alpha value is -9.83. The van der Waals surface area contributed by atoms with E-state index in [1.807, 2.05) is 56.5 Å². The van der Waals surface area contributed by atoms with E-state index in [2.05, 4.69) is 98.5 Å². The molecule has 12 aliphatic rings. The third-order valence-electron chi connectivity index (χ3n) is 23.3. The number of nitrogens with two attached hydrogens (primary N) is 6. The van der Waals surface area contributed by atoms with Gasteiger partial charge in [0.05, 0.1) is 65.6 Å². The largest absolute Gasteiger partial charge is 0.480 e. The summed E-state index contributed by atoms with van der Waals surface area (Å²) >= 11 is 0. The summed E-state index contributed by atoms with van der Waals surface area (Å²) in [7, 11) is -5.50. The number of rotatable bonds is 26. The smallest absolute Gasteiger partial charge is 0.418 e. The minimum absolute atomic E-state index is 0. The number of hydrogen-bond acceptors (Lipinski definition) is 38. The molecule has 12 fully saturated rings. The summed E-state index contributed by atoms with van der Waals surface area (Å²) in [6, 6.07) is 7.27. The van der Waals surface area contributed by atoms with Crippen LogP contribution in [0.1, 0.15) is 241 Å². The van der Waals surface area contributed by atoms with Crippen molar-refractivity contribution in [3.8, 4) is 0 Å². The van der Waals surface area contributed by atoms with Crippen molar-refractivity contribution in [2.45, 2.75) is 309 Å². The van der Waals surface area contributed by atoms with Gasteiger partial charge < -0.3 is 91.0 Å². The number of ketones is 1. The van der Waals surface area contributed by atoms with Crippen molar-refractivity contribution < 1.29 is 135 Å². The number of carboxylic acids is 1. The van der Waals surface area contributed by atoms with Crippen LogP contribution in [0.25, 0.3) is 0 Å². The number of esters is 3. The lowest BCUT2D eigenvalue weighted by atomic mass is 9.81. The second-order valence-corrected chi connectivity index (χ2v) is 38.7. The standard InChI is InChI=1S/C14H16N2O4.2C13H20N6O6S.C13H23NO4.C12H23N3O3.C8H15NO2.C5H8O.C3H7NO2.2CH4.H4N2.H2O/c17-13(18)12-7-6-11-8-15(12)14(19)16(11)20-9-10-4-2-1-3-5-10;2*14-7-3-8(4-7)15-5-11-16-17-12(24-11)10-2-1-9-6-18(10)13(20)19(9)25-26(21,22)23;1-9-6-10(7-9)14(8-11(15)17-5)12(16)18-13(2,3)4;1-8-5-9(6-8)15(7-10(16)14-13)11(17)18-12(2,3)4;1-6-3-7(4-6)9-5-8(10)11-2;1-4-2-5(6)3-4;1-6-3(5)2-4;;;1-2;/h1-5,11-12H,6-9H2,(H,17,18);2*7-10,15H,1-6,14H2,(H,21,22,23);9-10H,6-8H2,1-5H3;8-9H,5-7,13H2,1-4H3,(H,14,16);6-7,9H,3-5H2,1-2H3;4H,2-3H2,1H3;2,4H2,1H3;2*1H4;1-2H2;1H2/t11-,12+;2*7?,8?,9-,10+;;;;;;;;;/m111........./s1. The van der Waals surface area contributed by atoms with Crippen LogP contribution in [-0.2, 0) is 106 Å². The Morgan fingerprint density at radius 2 is 0.919 bits per heavy atom. The number of methoxy groups -OCH3 is 3. The molecule has 3 aromatic rings. The van der Waals surface area contributed by atoms with E-state index < -0.39 is 98.4 Å². The van der Waals surface area contributed by atoms with Crippen LogP contribution in [-0.4, -0.2) is 307 Å². The summed E-state index contributed by atoms with van der Waals surface area (Å²) in [5, 5.41) is 37.6. The van der Waals surface area contributed by atoms with Crippen LogP contribution in [0.4, 0.5) is 24.0 Å². The van der Waals surface area contributed by atoms with Gasteiger partial charge in [-0.1, -0.05) is 72.9 Å². The van der Waals surface area contributed by atoms with E-state index >= 15 is 0 Å². The van der Waals surface area contributed by atoms with E-state index in [0.29, 0.717) is 147 Å². The summed E-state index contributed by atoms with van der Waals surface area (Å²) in [6.07, 6.45) is 13.6. The molecular weight excluding hydrogens is 1830 g/mol.